The Morgan fingerprint density at radius 2 is 1.35 bits per heavy atom. The van der Waals surface area contributed by atoms with E-state index in [0.29, 0.717) is 17.9 Å². The number of aryl methyl sites for hydroxylation is 1. The van der Waals surface area contributed by atoms with E-state index in [-0.39, 0.29) is 26.8 Å². The lowest BCUT2D eigenvalue weighted by atomic mass is 10.00. The summed E-state index contributed by atoms with van der Waals surface area (Å²) in [5.41, 5.74) is 4.30. The van der Waals surface area contributed by atoms with Crippen LogP contribution < -0.4 is 9.47 Å². The van der Waals surface area contributed by atoms with Crippen LogP contribution in [0.3, 0.4) is 0 Å². The molecule has 0 bridgehead atoms. The van der Waals surface area contributed by atoms with Gasteiger partial charge in [-0.15, -0.1) is 0 Å². The van der Waals surface area contributed by atoms with Gasteiger partial charge >= 0.3 is 12.3 Å². The zero-order valence-corrected chi connectivity index (χ0v) is 23.4. The van der Waals surface area contributed by atoms with Gasteiger partial charge in [0.1, 0.15) is 11.5 Å². The minimum Gasteiger partial charge on any atom is -0.457 e. The third-order valence-corrected chi connectivity index (χ3v) is 5.35. The molecule has 37 heavy (non-hydrogen) atoms. The second kappa shape index (κ2) is 19.0. The van der Waals surface area contributed by atoms with Gasteiger partial charge in [-0.1, -0.05) is 43.1 Å². The van der Waals surface area contributed by atoms with Gasteiger partial charge < -0.3 is 28.4 Å². The molecule has 0 amide bonds. The van der Waals surface area contributed by atoms with Crippen LogP contribution in [0.4, 0.5) is 9.59 Å². The summed E-state index contributed by atoms with van der Waals surface area (Å²) in [4.78, 5) is 23.2. The minimum absolute atomic E-state index is 0.215. The van der Waals surface area contributed by atoms with Crippen LogP contribution in [-0.4, -0.2) is 39.1 Å². The molecule has 0 radical (unpaired) electrons. The molecule has 1 aromatic carbocycles. The smallest absolute Gasteiger partial charge is 0.457 e. The maximum Gasteiger partial charge on any atom is 0.511 e. The number of carbonyl (C=O) groups is 2. The quantitative estimate of drug-likeness (QED) is 0.0894. The summed E-state index contributed by atoms with van der Waals surface area (Å²) in [6, 6.07) is 3.90. The third kappa shape index (κ3) is 14.2. The van der Waals surface area contributed by atoms with Crippen molar-refractivity contribution in [3.05, 3.63) is 46.6 Å². The fraction of sp³-hybridized carbons (Fsp3) is 0.586. The van der Waals surface area contributed by atoms with Crippen molar-refractivity contribution in [3.63, 3.8) is 0 Å². The fourth-order valence-electron chi connectivity index (χ4n) is 3.42. The Kier molecular flexibility index (Phi) is 16.4. The zero-order chi connectivity index (χ0) is 27.5. The largest absolute Gasteiger partial charge is 0.511 e. The van der Waals surface area contributed by atoms with Crippen LogP contribution in [0.25, 0.3) is 0 Å². The highest BCUT2D eigenvalue weighted by Gasteiger charge is 2.15. The molecule has 0 aromatic heterocycles. The molecule has 0 saturated carbocycles. The van der Waals surface area contributed by atoms with Crippen molar-refractivity contribution in [2.75, 3.05) is 26.8 Å². The standard InChI is InChI=1S/C29H44O8/c1-7-10-11-15-24-18-26(34-20-36-28(30)32-8-2)25(17-16-23(6)14-12-13-22(4)5)27(19-24)35-21-37-29(31)33-9-3/h13,16,18-19H,7-12,14-15,17,20-21H2,1-6H3/b23-16+. The number of unbranched alkanes of at least 4 members (excludes halogenated alkanes) is 2. The molecule has 0 fully saturated rings. The molecule has 0 aliphatic carbocycles. The Bertz CT molecular complexity index is 839. The Labute approximate surface area is 221 Å². The van der Waals surface area contributed by atoms with Gasteiger partial charge in [0.25, 0.3) is 0 Å². The summed E-state index contributed by atoms with van der Waals surface area (Å²) in [6.45, 7) is 11.7. The SMILES string of the molecule is CCCCCc1cc(OCOC(=O)OCC)c(C/C=C(\C)CCC=C(C)C)c(OCOC(=O)OCC)c1. The lowest BCUT2D eigenvalue weighted by molar-refractivity contribution is 0.00464. The number of hydrogen-bond donors (Lipinski definition) is 0. The highest BCUT2D eigenvalue weighted by Crippen LogP contribution is 2.33. The molecule has 0 heterocycles. The topological polar surface area (TPSA) is 89.5 Å². The van der Waals surface area contributed by atoms with Crippen LogP contribution >= 0.6 is 0 Å². The van der Waals surface area contributed by atoms with Crippen LogP contribution in [0.15, 0.2) is 35.4 Å². The molecule has 208 valence electrons. The normalized spacial score (nSPS) is 10.9. The summed E-state index contributed by atoms with van der Waals surface area (Å²) < 4.78 is 31.4. The average molecular weight is 521 g/mol. The van der Waals surface area contributed by atoms with Crippen molar-refractivity contribution in [1.82, 2.24) is 0 Å². The number of ether oxygens (including phenoxy) is 6. The molecule has 1 aromatic rings. The second-order valence-electron chi connectivity index (χ2n) is 8.78. The molecule has 8 nitrogen and oxygen atoms in total. The molecule has 0 N–H and O–H groups in total. The molecule has 0 aliphatic heterocycles. The maximum atomic E-state index is 11.6. The summed E-state index contributed by atoms with van der Waals surface area (Å²) in [6.07, 6.45) is 9.22. The van der Waals surface area contributed by atoms with Crippen LogP contribution in [0, 0.1) is 0 Å². The summed E-state index contributed by atoms with van der Waals surface area (Å²) in [7, 11) is 0. The van der Waals surface area contributed by atoms with E-state index in [4.69, 9.17) is 28.4 Å². The van der Waals surface area contributed by atoms with Crippen molar-refractivity contribution in [2.45, 2.75) is 86.5 Å². The van der Waals surface area contributed by atoms with E-state index in [2.05, 4.69) is 39.8 Å². The van der Waals surface area contributed by atoms with Crippen molar-refractivity contribution >= 4 is 12.3 Å². The van der Waals surface area contributed by atoms with Gasteiger partial charge in [0.15, 0.2) is 0 Å². The van der Waals surface area contributed by atoms with Crippen molar-refractivity contribution in [3.8, 4) is 11.5 Å². The van der Waals surface area contributed by atoms with Gasteiger partial charge in [-0.05, 0) is 84.4 Å². The van der Waals surface area contributed by atoms with E-state index in [1.54, 1.807) is 13.8 Å². The van der Waals surface area contributed by atoms with Crippen LogP contribution in [0.2, 0.25) is 0 Å². The Hall–Kier alpha value is -3.16. The van der Waals surface area contributed by atoms with Crippen LogP contribution in [0.1, 0.15) is 84.8 Å². The lowest BCUT2D eigenvalue weighted by Crippen LogP contribution is -2.14. The number of benzene rings is 1. The van der Waals surface area contributed by atoms with Crippen molar-refractivity contribution in [1.29, 1.82) is 0 Å². The summed E-state index contributed by atoms with van der Waals surface area (Å²) in [5.74, 6) is 1.08. The van der Waals surface area contributed by atoms with Crippen molar-refractivity contribution < 1.29 is 38.0 Å². The molecular weight excluding hydrogens is 476 g/mol. The minimum atomic E-state index is -0.794. The molecule has 1 rings (SSSR count). The highest BCUT2D eigenvalue weighted by atomic mass is 16.8. The molecule has 0 aliphatic rings. The summed E-state index contributed by atoms with van der Waals surface area (Å²) >= 11 is 0. The molecule has 0 saturated heterocycles. The van der Waals surface area contributed by atoms with E-state index in [0.717, 1.165) is 49.7 Å². The van der Waals surface area contributed by atoms with E-state index in [1.807, 2.05) is 12.1 Å². The highest BCUT2D eigenvalue weighted by molar-refractivity contribution is 5.60. The van der Waals surface area contributed by atoms with Crippen LogP contribution in [0.5, 0.6) is 11.5 Å². The van der Waals surface area contributed by atoms with Gasteiger partial charge in [0.05, 0.1) is 13.2 Å². The molecule has 0 spiro atoms. The van der Waals surface area contributed by atoms with Gasteiger partial charge in [-0.25, -0.2) is 9.59 Å². The van der Waals surface area contributed by atoms with Gasteiger partial charge in [0, 0.05) is 5.56 Å². The van der Waals surface area contributed by atoms with Gasteiger partial charge in [-0.3, -0.25) is 0 Å². The molecule has 0 atom stereocenters. The first-order chi connectivity index (χ1) is 17.8. The average Bonchev–Trinajstić information content (AvgIpc) is 2.83. The number of carbonyl (C=O) groups excluding carboxylic acids is 2. The monoisotopic (exact) mass is 520 g/mol. The van der Waals surface area contributed by atoms with E-state index in [9.17, 15) is 9.59 Å². The van der Waals surface area contributed by atoms with E-state index >= 15 is 0 Å². The first-order valence-corrected chi connectivity index (χ1v) is 13.1. The lowest BCUT2D eigenvalue weighted by Gasteiger charge is -2.18. The van der Waals surface area contributed by atoms with E-state index < -0.39 is 12.3 Å². The molecule has 8 heteroatoms. The second-order valence-corrected chi connectivity index (χ2v) is 8.78. The Morgan fingerprint density at radius 3 is 1.84 bits per heavy atom. The fourth-order valence-corrected chi connectivity index (χ4v) is 3.42. The first kappa shape index (κ1) is 31.9. The zero-order valence-electron chi connectivity index (χ0n) is 23.4. The molecule has 0 unspecified atom stereocenters. The van der Waals surface area contributed by atoms with Gasteiger partial charge in [0.2, 0.25) is 13.6 Å². The number of allylic oxidation sites excluding steroid dienone is 4. The Balaban J connectivity index is 3.21. The maximum absolute atomic E-state index is 11.6. The number of rotatable bonds is 17. The van der Waals surface area contributed by atoms with Gasteiger partial charge in [-0.2, -0.15) is 0 Å². The predicted molar refractivity (Wildman–Crippen MR) is 143 cm³/mol. The van der Waals surface area contributed by atoms with E-state index in [1.165, 1.54) is 11.1 Å². The Morgan fingerprint density at radius 1 is 0.784 bits per heavy atom. The first-order valence-electron chi connectivity index (χ1n) is 13.1. The third-order valence-electron chi connectivity index (χ3n) is 5.35. The number of hydrogen-bond acceptors (Lipinski definition) is 8. The molecular formula is C29H44O8. The predicted octanol–water partition coefficient (Wildman–Crippen LogP) is 7.67. The van der Waals surface area contributed by atoms with Crippen LogP contribution in [-0.2, 0) is 31.8 Å². The summed E-state index contributed by atoms with van der Waals surface area (Å²) in [5, 5.41) is 0. The van der Waals surface area contributed by atoms with Crippen molar-refractivity contribution in [2.24, 2.45) is 0 Å².